The first kappa shape index (κ1) is 20.1. The third-order valence-corrected chi connectivity index (χ3v) is 5.80. The largest absolute Gasteiger partial charge is 0.343 e. The molecule has 154 valence electrons. The fourth-order valence-corrected chi connectivity index (χ4v) is 4.03. The molecule has 0 radical (unpaired) electrons. The van der Waals surface area contributed by atoms with Gasteiger partial charge in [0.05, 0.1) is 18.3 Å². The molecule has 0 fully saturated rings. The number of benzene rings is 2. The molecule has 0 aliphatic heterocycles. The molecule has 0 saturated heterocycles. The molecule has 2 heterocycles. The zero-order valence-electron chi connectivity index (χ0n) is 17.1. The zero-order chi connectivity index (χ0) is 21.3. The molecule has 0 aliphatic rings. The normalized spacial score (nSPS) is 12.5. The van der Waals surface area contributed by atoms with Gasteiger partial charge in [-0.1, -0.05) is 30.3 Å². The van der Waals surface area contributed by atoms with Crippen molar-refractivity contribution in [3.8, 4) is 11.1 Å². The quantitative estimate of drug-likeness (QED) is 0.491. The van der Waals surface area contributed by atoms with Crippen molar-refractivity contribution in [3.63, 3.8) is 0 Å². The smallest absolute Gasteiger partial charge is 0.253 e. The Labute approximate surface area is 176 Å². The molecule has 30 heavy (non-hydrogen) atoms. The number of aromatic nitrogens is 2. The highest BCUT2D eigenvalue weighted by atomic mass is 32.2. The fraction of sp³-hybridized carbons (Fsp3) is 0.174. The second-order valence-corrected chi connectivity index (χ2v) is 8.25. The number of thiol groups is 1. The van der Waals surface area contributed by atoms with Gasteiger partial charge >= 0.3 is 0 Å². The van der Waals surface area contributed by atoms with Gasteiger partial charge < -0.3 is 9.13 Å². The van der Waals surface area contributed by atoms with Crippen LogP contribution in [0.3, 0.4) is 0 Å². The van der Waals surface area contributed by atoms with E-state index >= 15 is 0 Å². The molecule has 7 heteroatoms. The maximum Gasteiger partial charge on any atom is 0.253 e. The zero-order valence-corrected chi connectivity index (χ0v) is 18.0. The van der Waals surface area contributed by atoms with Gasteiger partial charge in [0.1, 0.15) is 0 Å². The van der Waals surface area contributed by atoms with Crippen LogP contribution in [-0.2, 0) is 28.7 Å². The van der Waals surface area contributed by atoms with Crippen molar-refractivity contribution in [2.75, 3.05) is 7.11 Å². The first-order chi connectivity index (χ1) is 14.5. The van der Waals surface area contributed by atoms with Gasteiger partial charge in [0.2, 0.25) is 0 Å². The molecule has 1 unspecified atom stereocenters. The summed E-state index contributed by atoms with van der Waals surface area (Å²) in [6.07, 6.45) is 3.81. The molecule has 0 amide bonds. The molecule has 4 rings (SSSR count). The Kier molecular flexibility index (Phi) is 5.57. The first-order valence-corrected chi connectivity index (χ1v) is 10.7. The lowest BCUT2D eigenvalue weighted by molar-refractivity contribution is 0.454. The van der Waals surface area contributed by atoms with E-state index in [0.717, 1.165) is 22.0 Å². The molecule has 0 saturated carbocycles. The lowest BCUT2D eigenvalue weighted by Gasteiger charge is -2.11. The highest BCUT2D eigenvalue weighted by Gasteiger charge is 2.12. The maximum absolute atomic E-state index is 12.1. The SMILES string of the molecule is CO[SH](=O)=Nc1cc(-c2cc(C)c(=O)n(C)c2)cc2c1ccn2Cc1ccccc1. The van der Waals surface area contributed by atoms with E-state index in [9.17, 15) is 9.00 Å². The summed E-state index contributed by atoms with van der Waals surface area (Å²) in [6.45, 7) is 2.51. The summed E-state index contributed by atoms with van der Waals surface area (Å²) in [4.78, 5) is 12.1. The lowest BCUT2D eigenvalue weighted by atomic mass is 10.0. The molecule has 0 aliphatic carbocycles. The minimum atomic E-state index is -2.16. The van der Waals surface area contributed by atoms with Crippen LogP contribution in [0.15, 0.2) is 76.1 Å². The monoisotopic (exact) mass is 421 g/mol. The molecule has 2 aromatic carbocycles. The Hall–Kier alpha value is -3.16. The molecule has 6 nitrogen and oxygen atoms in total. The number of fused-ring (bicyclic) bond motifs is 1. The van der Waals surface area contributed by atoms with Crippen molar-refractivity contribution in [3.05, 3.63) is 88.5 Å². The van der Waals surface area contributed by atoms with E-state index in [1.54, 1.807) is 24.7 Å². The van der Waals surface area contributed by atoms with Gasteiger partial charge in [-0.3, -0.25) is 8.98 Å². The highest BCUT2D eigenvalue weighted by molar-refractivity contribution is 7.69. The number of nitrogens with zero attached hydrogens (tertiary/aromatic N) is 3. The number of aryl methyl sites for hydroxylation is 2. The van der Waals surface area contributed by atoms with Crippen LogP contribution in [0, 0.1) is 6.92 Å². The van der Waals surface area contributed by atoms with E-state index in [0.29, 0.717) is 17.8 Å². The molecule has 0 spiro atoms. The van der Waals surface area contributed by atoms with Crippen LogP contribution in [0.25, 0.3) is 22.0 Å². The fourth-order valence-electron chi connectivity index (χ4n) is 3.61. The van der Waals surface area contributed by atoms with Crippen molar-refractivity contribution in [1.29, 1.82) is 0 Å². The molecular formula is C23H23N3O3S. The number of hydrogen-bond donors (Lipinski definition) is 1. The van der Waals surface area contributed by atoms with E-state index in [-0.39, 0.29) is 5.56 Å². The van der Waals surface area contributed by atoms with Gasteiger partial charge in [-0.25, -0.2) is 4.21 Å². The van der Waals surface area contributed by atoms with Gasteiger partial charge in [0.15, 0.2) is 10.9 Å². The Bertz CT molecular complexity index is 1340. The lowest BCUT2D eigenvalue weighted by Crippen LogP contribution is -2.18. The second-order valence-electron chi connectivity index (χ2n) is 7.21. The van der Waals surface area contributed by atoms with Gasteiger partial charge in [-0.05, 0) is 47.9 Å². The van der Waals surface area contributed by atoms with Crippen molar-refractivity contribution in [2.24, 2.45) is 11.4 Å². The summed E-state index contributed by atoms with van der Waals surface area (Å²) in [5.41, 5.74) is 5.18. The summed E-state index contributed by atoms with van der Waals surface area (Å²) in [5, 5.41) is 0.900. The number of rotatable bonds is 5. The summed E-state index contributed by atoms with van der Waals surface area (Å²) < 4.78 is 24.9. The Balaban J connectivity index is 1.94. The van der Waals surface area contributed by atoms with Crippen LogP contribution in [0.5, 0.6) is 0 Å². The molecule has 1 atom stereocenters. The van der Waals surface area contributed by atoms with Crippen LogP contribution >= 0.6 is 0 Å². The van der Waals surface area contributed by atoms with Crippen LogP contribution in [-0.4, -0.2) is 20.5 Å². The third kappa shape index (κ3) is 3.94. The Morgan fingerprint density at radius 2 is 1.83 bits per heavy atom. The van der Waals surface area contributed by atoms with E-state index in [2.05, 4.69) is 27.1 Å². The van der Waals surface area contributed by atoms with E-state index < -0.39 is 10.9 Å². The van der Waals surface area contributed by atoms with E-state index in [1.807, 2.05) is 42.6 Å². The second kappa shape index (κ2) is 8.30. The standard InChI is InChI=1S/C23H23N3O3S/c1-16-11-19(15-25(2)23(16)27)18-12-21(24-30(28)29-3)20-9-10-26(22(20)13-18)14-17-7-5-4-6-8-17/h4-13,15,30H,14H2,1-3H3. The highest BCUT2D eigenvalue weighted by Crippen LogP contribution is 2.34. The topological polar surface area (TPSA) is 65.6 Å². The average Bonchev–Trinajstić information content (AvgIpc) is 3.15. The van der Waals surface area contributed by atoms with Gasteiger partial charge in [0, 0.05) is 36.9 Å². The Morgan fingerprint density at radius 3 is 2.53 bits per heavy atom. The maximum atomic E-state index is 12.1. The van der Waals surface area contributed by atoms with Gasteiger partial charge in [0.25, 0.3) is 5.56 Å². The summed E-state index contributed by atoms with van der Waals surface area (Å²) in [7, 11) is 0.959. The van der Waals surface area contributed by atoms with Crippen molar-refractivity contribution in [2.45, 2.75) is 13.5 Å². The molecule has 0 N–H and O–H groups in total. The average molecular weight is 422 g/mol. The van der Waals surface area contributed by atoms with Crippen molar-refractivity contribution < 1.29 is 8.39 Å². The van der Waals surface area contributed by atoms with E-state index in [4.69, 9.17) is 4.18 Å². The molecular weight excluding hydrogens is 398 g/mol. The Morgan fingerprint density at radius 1 is 1.07 bits per heavy atom. The van der Waals surface area contributed by atoms with Crippen molar-refractivity contribution in [1.82, 2.24) is 9.13 Å². The predicted octanol–water partition coefficient (Wildman–Crippen LogP) is 4.22. The predicted molar refractivity (Wildman–Crippen MR) is 122 cm³/mol. The molecule has 0 bridgehead atoms. The van der Waals surface area contributed by atoms with Gasteiger partial charge in [-0.2, -0.15) is 4.36 Å². The van der Waals surface area contributed by atoms with E-state index in [1.165, 1.54) is 12.7 Å². The minimum absolute atomic E-state index is 0.0281. The van der Waals surface area contributed by atoms with Crippen molar-refractivity contribution >= 4 is 27.5 Å². The third-order valence-electron chi connectivity index (χ3n) is 5.10. The minimum Gasteiger partial charge on any atom is -0.343 e. The van der Waals surface area contributed by atoms with Crippen LogP contribution in [0.2, 0.25) is 0 Å². The van der Waals surface area contributed by atoms with Gasteiger partial charge in [-0.15, -0.1) is 0 Å². The first-order valence-electron chi connectivity index (χ1n) is 9.54. The summed E-state index contributed by atoms with van der Waals surface area (Å²) in [6, 6.07) is 18.0. The number of hydrogen-bond acceptors (Lipinski definition) is 4. The molecule has 4 aromatic rings. The summed E-state index contributed by atoms with van der Waals surface area (Å²) in [5.74, 6) is 0. The molecule has 2 aromatic heterocycles. The van der Waals surface area contributed by atoms with Crippen LogP contribution in [0.1, 0.15) is 11.1 Å². The van der Waals surface area contributed by atoms with Crippen LogP contribution in [0.4, 0.5) is 5.69 Å². The number of pyridine rings is 1. The summed E-state index contributed by atoms with van der Waals surface area (Å²) >= 11 is 0. The van der Waals surface area contributed by atoms with Crippen LogP contribution < -0.4 is 5.56 Å².